The number of unbranched alkanes of at least 4 members (excludes halogenated alkanes) is 6. The van der Waals surface area contributed by atoms with E-state index in [9.17, 15) is 23.5 Å². The van der Waals surface area contributed by atoms with Crippen LogP contribution >= 0.6 is 23.5 Å². The predicted octanol–water partition coefficient (Wildman–Crippen LogP) is 4.69. The summed E-state index contributed by atoms with van der Waals surface area (Å²) < 4.78 is 46.3. The molecule has 13 heteroatoms. The molecule has 1 rings (SSSR count). The molecular weight excluding hydrogens is 433 g/mol. The Balaban J connectivity index is 2.64. The van der Waals surface area contributed by atoms with E-state index < -0.39 is 23.5 Å². The highest BCUT2D eigenvalue weighted by atomic mass is 31.3. The minimum absolute atomic E-state index is 0.0319. The van der Waals surface area contributed by atoms with E-state index >= 15 is 0 Å². The minimum atomic E-state index is -5.53. The molecule has 4 N–H and O–H groups in total. The van der Waals surface area contributed by atoms with Crippen LogP contribution in [0, 0.1) is 0 Å². The smallest absolute Gasteiger partial charge is 0.404 e. The zero-order chi connectivity index (χ0) is 21.3. The van der Waals surface area contributed by atoms with Gasteiger partial charge in [-0.25, -0.2) is 13.7 Å². The van der Waals surface area contributed by atoms with Crippen LogP contribution in [0.2, 0.25) is 0 Å². The van der Waals surface area contributed by atoms with E-state index in [2.05, 4.69) is 15.5 Å². The van der Waals surface area contributed by atoms with Crippen molar-refractivity contribution in [1.29, 1.82) is 0 Å². The van der Waals surface area contributed by atoms with Crippen LogP contribution < -0.4 is 4.52 Å². The first-order chi connectivity index (χ1) is 12.9. The third kappa shape index (κ3) is 11.5. The Hall–Kier alpha value is -0.530. The molecule has 0 heterocycles. The lowest BCUT2D eigenvalue weighted by molar-refractivity contribution is 0.206. The van der Waals surface area contributed by atoms with E-state index in [1.807, 2.05) is 0 Å². The third-order valence-electron chi connectivity index (χ3n) is 3.65. The van der Waals surface area contributed by atoms with Gasteiger partial charge in [-0.2, -0.15) is 8.62 Å². The van der Waals surface area contributed by atoms with Crippen LogP contribution in [-0.4, -0.2) is 19.6 Å². The third-order valence-corrected chi connectivity index (χ3v) is 7.41. The Morgan fingerprint density at radius 3 is 1.96 bits per heavy atom. The van der Waals surface area contributed by atoms with Gasteiger partial charge in [-0.3, -0.25) is 4.89 Å². The predicted molar refractivity (Wildman–Crippen MR) is 103 cm³/mol. The molecule has 0 aromatic heterocycles. The van der Waals surface area contributed by atoms with Gasteiger partial charge in [0.05, 0.1) is 0 Å². The Bertz CT molecular complexity index is 747. The second kappa shape index (κ2) is 11.6. The fourth-order valence-electron chi connectivity index (χ4n) is 2.49. The summed E-state index contributed by atoms with van der Waals surface area (Å²) in [5.74, 6) is -0.0319. The average molecular weight is 460 g/mol. The number of aryl methyl sites for hydroxylation is 1. The monoisotopic (exact) mass is 460 g/mol. The lowest BCUT2D eigenvalue weighted by atomic mass is 10.0. The molecule has 0 bridgehead atoms. The first kappa shape index (κ1) is 25.5. The molecular formula is C15H27O10P3. The number of hydrogen-bond acceptors (Lipinski definition) is 6. The molecule has 10 nitrogen and oxygen atoms in total. The number of phosphoric acid groups is 3. The molecule has 0 radical (unpaired) electrons. The maximum atomic E-state index is 12.0. The van der Waals surface area contributed by atoms with E-state index in [1.165, 1.54) is 31.4 Å². The fourth-order valence-corrected chi connectivity index (χ4v) is 5.56. The van der Waals surface area contributed by atoms with Gasteiger partial charge in [0.15, 0.2) is 0 Å². The zero-order valence-corrected chi connectivity index (χ0v) is 18.2. The van der Waals surface area contributed by atoms with E-state index in [0.717, 1.165) is 25.7 Å². The summed E-state index contributed by atoms with van der Waals surface area (Å²) >= 11 is 0. The summed E-state index contributed by atoms with van der Waals surface area (Å²) in [7, 11) is -16.1. The van der Waals surface area contributed by atoms with Crippen molar-refractivity contribution in [1.82, 2.24) is 0 Å². The molecule has 0 aliphatic rings. The SMILES string of the molecule is CCCCCCCCCc1ccccc1OP(=O)(O)OP(=O)(O)OP(=O)(O)O. The summed E-state index contributed by atoms with van der Waals surface area (Å²) in [6.07, 6.45) is 8.17. The van der Waals surface area contributed by atoms with Crippen LogP contribution in [0.3, 0.4) is 0 Å². The standard InChI is InChI=1S/C15H27O10P3/c1-2-3-4-5-6-7-8-11-14-12-9-10-13-15(14)23-27(19,20)25-28(21,22)24-26(16,17)18/h9-10,12-13H,2-8,11H2,1H3,(H,19,20)(H,21,22)(H2,16,17,18). The summed E-state index contributed by atoms with van der Waals surface area (Å²) in [5, 5.41) is 0. The van der Waals surface area contributed by atoms with Crippen molar-refractivity contribution >= 4 is 23.5 Å². The van der Waals surface area contributed by atoms with Gasteiger partial charge >= 0.3 is 23.5 Å². The maximum absolute atomic E-state index is 12.0. The lowest BCUT2D eigenvalue weighted by Gasteiger charge is -2.18. The molecule has 2 atom stereocenters. The van der Waals surface area contributed by atoms with Crippen molar-refractivity contribution in [3.63, 3.8) is 0 Å². The van der Waals surface area contributed by atoms with Gasteiger partial charge in [-0.1, -0.05) is 63.6 Å². The molecule has 0 spiro atoms. The molecule has 162 valence electrons. The van der Waals surface area contributed by atoms with Crippen molar-refractivity contribution in [2.75, 3.05) is 0 Å². The van der Waals surface area contributed by atoms with Gasteiger partial charge in [0.2, 0.25) is 0 Å². The van der Waals surface area contributed by atoms with Crippen molar-refractivity contribution < 1.29 is 46.4 Å². The molecule has 0 aliphatic heterocycles. The highest BCUT2D eigenvalue weighted by Crippen LogP contribution is 2.66. The van der Waals surface area contributed by atoms with Crippen LogP contribution in [-0.2, 0) is 28.7 Å². The van der Waals surface area contributed by atoms with E-state index in [1.54, 1.807) is 12.1 Å². The second-order valence-corrected chi connectivity index (χ2v) is 10.5. The van der Waals surface area contributed by atoms with Gasteiger partial charge < -0.3 is 19.2 Å². The van der Waals surface area contributed by atoms with Gasteiger partial charge in [0, 0.05) is 0 Å². The molecule has 0 saturated carbocycles. The van der Waals surface area contributed by atoms with Crippen molar-refractivity contribution in [2.24, 2.45) is 0 Å². The van der Waals surface area contributed by atoms with E-state index in [0.29, 0.717) is 12.0 Å². The van der Waals surface area contributed by atoms with Crippen molar-refractivity contribution in [3.8, 4) is 5.75 Å². The van der Waals surface area contributed by atoms with Crippen LogP contribution in [0.4, 0.5) is 0 Å². The number of para-hydroxylation sites is 1. The Morgan fingerprint density at radius 1 is 0.786 bits per heavy atom. The number of benzene rings is 1. The largest absolute Gasteiger partial charge is 0.536 e. The highest BCUT2D eigenvalue weighted by Gasteiger charge is 2.41. The zero-order valence-electron chi connectivity index (χ0n) is 15.5. The number of hydrogen-bond donors (Lipinski definition) is 4. The molecule has 0 aliphatic carbocycles. The minimum Gasteiger partial charge on any atom is -0.404 e. The molecule has 2 unspecified atom stereocenters. The second-order valence-electron chi connectivity index (χ2n) is 6.16. The fraction of sp³-hybridized carbons (Fsp3) is 0.600. The Morgan fingerprint density at radius 2 is 1.36 bits per heavy atom. The first-order valence-electron chi connectivity index (χ1n) is 8.85. The van der Waals surface area contributed by atoms with Gasteiger partial charge in [-0.15, -0.1) is 0 Å². The normalized spacial score (nSPS) is 16.3. The van der Waals surface area contributed by atoms with E-state index in [4.69, 9.17) is 14.3 Å². The topological polar surface area (TPSA) is 160 Å². The lowest BCUT2D eigenvalue weighted by Crippen LogP contribution is -2.00. The van der Waals surface area contributed by atoms with Gasteiger partial charge in [0.1, 0.15) is 5.75 Å². The summed E-state index contributed by atoms with van der Waals surface area (Å²) in [6.45, 7) is 2.15. The van der Waals surface area contributed by atoms with Gasteiger partial charge in [-0.05, 0) is 24.5 Å². The Labute approximate surface area is 164 Å². The molecule has 0 amide bonds. The first-order valence-corrected chi connectivity index (χ1v) is 13.4. The molecule has 0 saturated heterocycles. The number of phosphoric ester groups is 1. The average Bonchev–Trinajstić information content (AvgIpc) is 2.51. The number of rotatable bonds is 14. The van der Waals surface area contributed by atoms with Crippen LogP contribution in [0.1, 0.15) is 57.4 Å². The van der Waals surface area contributed by atoms with Crippen LogP contribution in [0.25, 0.3) is 0 Å². The Kier molecular flexibility index (Phi) is 10.6. The van der Waals surface area contributed by atoms with Crippen molar-refractivity contribution in [2.45, 2.75) is 58.3 Å². The van der Waals surface area contributed by atoms with Gasteiger partial charge in [0.25, 0.3) is 0 Å². The van der Waals surface area contributed by atoms with E-state index in [-0.39, 0.29) is 5.75 Å². The highest BCUT2D eigenvalue weighted by molar-refractivity contribution is 7.66. The summed E-state index contributed by atoms with van der Waals surface area (Å²) in [4.78, 5) is 35.9. The molecule has 28 heavy (non-hydrogen) atoms. The summed E-state index contributed by atoms with van der Waals surface area (Å²) in [5.41, 5.74) is 0.595. The summed E-state index contributed by atoms with van der Waals surface area (Å²) in [6, 6.07) is 6.31. The van der Waals surface area contributed by atoms with Crippen molar-refractivity contribution in [3.05, 3.63) is 29.8 Å². The maximum Gasteiger partial charge on any atom is 0.536 e. The van der Waals surface area contributed by atoms with Crippen LogP contribution in [0.5, 0.6) is 5.75 Å². The van der Waals surface area contributed by atoms with Crippen LogP contribution in [0.15, 0.2) is 24.3 Å². The quantitative estimate of drug-likeness (QED) is 0.227. The molecule has 1 aromatic rings. The molecule has 0 fully saturated rings. The molecule has 1 aromatic carbocycles.